The lowest BCUT2D eigenvalue weighted by Crippen LogP contribution is -2.26. The van der Waals surface area contributed by atoms with E-state index in [-0.39, 0.29) is 10.5 Å². The predicted molar refractivity (Wildman–Crippen MR) is 95.2 cm³/mol. The number of carbonyl (C=O) groups is 1. The van der Waals surface area contributed by atoms with E-state index in [0.717, 1.165) is 0 Å². The topological polar surface area (TPSA) is 67.0 Å². The molecule has 0 saturated heterocycles. The zero-order chi connectivity index (χ0) is 19.7. The van der Waals surface area contributed by atoms with E-state index in [9.17, 15) is 26.4 Å². The van der Waals surface area contributed by atoms with Crippen LogP contribution in [0.4, 0.5) is 13.2 Å². The quantitative estimate of drug-likeness (QED) is 0.679. The van der Waals surface area contributed by atoms with E-state index in [1.807, 2.05) is 0 Å². The first-order valence-electron chi connectivity index (χ1n) is 8.11. The predicted octanol–water partition coefficient (Wildman–Crippen LogP) is 4.25. The summed E-state index contributed by atoms with van der Waals surface area (Å²) in [6.07, 6.45) is -4.39. The number of sulfone groups is 1. The van der Waals surface area contributed by atoms with Gasteiger partial charge in [-0.15, -0.1) is 0 Å². The van der Waals surface area contributed by atoms with Crippen LogP contribution in [0.15, 0.2) is 65.7 Å². The number of carbonyl (C=O) groups excluding carboxylic acids is 1. The first kappa shape index (κ1) is 19.2. The summed E-state index contributed by atoms with van der Waals surface area (Å²) in [4.78, 5) is 14.9. The first-order valence-corrected chi connectivity index (χ1v) is 9.76. The Bertz CT molecular complexity index is 1060. The normalized spacial score (nSPS) is 13.6. The van der Waals surface area contributed by atoms with E-state index in [0.29, 0.717) is 10.9 Å². The van der Waals surface area contributed by atoms with Crippen molar-refractivity contribution in [2.75, 3.05) is 5.75 Å². The second kappa shape index (κ2) is 7.19. The monoisotopic (exact) mass is 395 g/mol. The van der Waals surface area contributed by atoms with Crippen LogP contribution in [0.5, 0.6) is 0 Å². The van der Waals surface area contributed by atoms with Crippen molar-refractivity contribution in [3.8, 4) is 0 Å². The number of benzene rings is 2. The molecular formula is C19H16F3NO3S. The molecule has 0 spiro atoms. The number of hydrogen-bond donors (Lipinski definition) is 1. The summed E-state index contributed by atoms with van der Waals surface area (Å²) in [7, 11) is -3.99. The summed E-state index contributed by atoms with van der Waals surface area (Å²) in [5.41, 5.74) is 0.453. The summed E-state index contributed by atoms with van der Waals surface area (Å²) in [5.74, 6) is -4.02. The highest BCUT2D eigenvalue weighted by molar-refractivity contribution is 7.92. The number of ketones is 1. The van der Waals surface area contributed by atoms with Crippen molar-refractivity contribution in [3.63, 3.8) is 0 Å². The Kier molecular flexibility index (Phi) is 5.10. The van der Waals surface area contributed by atoms with Crippen LogP contribution in [-0.2, 0) is 14.6 Å². The van der Waals surface area contributed by atoms with Crippen LogP contribution in [0.25, 0.3) is 10.9 Å². The van der Waals surface area contributed by atoms with Crippen molar-refractivity contribution in [1.82, 2.24) is 4.98 Å². The van der Waals surface area contributed by atoms with Crippen molar-refractivity contribution in [3.05, 3.63) is 66.4 Å². The van der Waals surface area contributed by atoms with E-state index in [1.165, 1.54) is 36.5 Å². The Hall–Kier alpha value is -2.61. The molecule has 8 heteroatoms. The molecule has 1 heterocycles. The third-order valence-corrected chi connectivity index (χ3v) is 5.97. The molecule has 1 aromatic heterocycles. The number of hydrogen-bond acceptors (Lipinski definition) is 3. The van der Waals surface area contributed by atoms with Gasteiger partial charge in [0.1, 0.15) is 11.5 Å². The van der Waals surface area contributed by atoms with Gasteiger partial charge in [-0.05, 0) is 23.8 Å². The second-order valence-corrected chi connectivity index (χ2v) is 8.19. The molecule has 142 valence electrons. The number of H-pyrrole nitrogens is 1. The van der Waals surface area contributed by atoms with Crippen LogP contribution in [-0.4, -0.2) is 31.1 Å². The Morgan fingerprint density at radius 2 is 1.63 bits per heavy atom. The van der Waals surface area contributed by atoms with Gasteiger partial charge in [-0.2, -0.15) is 13.2 Å². The molecule has 3 rings (SSSR count). The summed E-state index contributed by atoms with van der Waals surface area (Å²) >= 11 is 0. The van der Waals surface area contributed by atoms with Crippen molar-refractivity contribution < 1.29 is 26.4 Å². The Morgan fingerprint density at radius 1 is 1.00 bits per heavy atom. The molecule has 0 saturated carbocycles. The molecule has 0 bridgehead atoms. The maximum atomic E-state index is 13.6. The van der Waals surface area contributed by atoms with Gasteiger partial charge < -0.3 is 4.98 Å². The van der Waals surface area contributed by atoms with Gasteiger partial charge >= 0.3 is 6.18 Å². The van der Waals surface area contributed by atoms with Gasteiger partial charge in [0.25, 0.3) is 0 Å². The van der Waals surface area contributed by atoms with E-state index >= 15 is 0 Å². The molecule has 0 aliphatic heterocycles. The molecule has 27 heavy (non-hydrogen) atoms. The zero-order valence-corrected chi connectivity index (χ0v) is 14.8. The molecule has 1 atom stereocenters. The minimum atomic E-state index is -4.68. The zero-order valence-electron chi connectivity index (χ0n) is 14.0. The van der Waals surface area contributed by atoms with Crippen LogP contribution in [0, 0.1) is 0 Å². The highest BCUT2D eigenvalue weighted by Crippen LogP contribution is 2.40. The minimum absolute atomic E-state index is 0.0661. The fourth-order valence-corrected chi connectivity index (χ4v) is 4.27. The van der Waals surface area contributed by atoms with Crippen molar-refractivity contribution >= 4 is 26.5 Å². The van der Waals surface area contributed by atoms with Gasteiger partial charge in [-0.1, -0.05) is 36.4 Å². The average Bonchev–Trinajstić information content (AvgIpc) is 3.03. The number of aromatic nitrogens is 1. The standard InChI is InChI=1S/C19H16F3NO3S/c20-19(21,22)17(16-11-23-18-9-5-4-8-15(16)18)10-13(24)12-27(25,26)14-6-2-1-3-7-14/h1-9,11,17,23H,10,12H2/t17-/m0/s1. The molecule has 0 amide bonds. The van der Waals surface area contributed by atoms with Crippen LogP contribution in [0.2, 0.25) is 0 Å². The van der Waals surface area contributed by atoms with Gasteiger partial charge in [-0.25, -0.2) is 8.42 Å². The van der Waals surface area contributed by atoms with E-state index < -0.39 is 39.9 Å². The number of nitrogens with one attached hydrogen (secondary N) is 1. The number of aromatic amines is 1. The first-order chi connectivity index (χ1) is 12.7. The number of rotatable bonds is 6. The Balaban J connectivity index is 1.87. The molecule has 0 unspecified atom stereocenters. The number of fused-ring (bicyclic) bond motifs is 1. The lowest BCUT2D eigenvalue weighted by atomic mass is 9.93. The summed E-state index contributed by atoms with van der Waals surface area (Å²) in [6.45, 7) is 0. The highest BCUT2D eigenvalue weighted by Gasteiger charge is 2.43. The summed E-state index contributed by atoms with van der Waals surface area (Å²) < 4.78 is 65.4. The molecule has 0 fully saturated rings. The summed E-state index contributed by atoms with van der Waals surface area (Å²) in [6, 6.07) is 13.7. The number of para-hydroxylation sites is 1. The Morgan fingerprint density at radius 3 is 2.30 bits per heavy atom. The molecule has 4 nitrogen and oxygen atoms in total. The van der Waals surface area contributed by atoms with Crippen LogP contribution < -0.4 is 0 Å². The van der Waals surface area contributed by atoms with E-state index in [1.54, 1.807) is 24.3 Å². The van der Waals surface area contributed by atoms with Crippen molar-refractivity contribution in [2.45, 2.75) is 23.4 Å². The smallest absolute Gasteiger partial charge is 0.361 e. The van der Waals surface area contributed by atoms with Crippen LogP contribution in [0.1, 0.15) is 17.9 Å². The third-order valence-electron chi connectivity index (χ3n) is 4.28. The molecule has 0 radical (unpaired) electrons. The second-order valence-electron chi connectivity index (χ2n) is 6.20. The van der Waals surface area contributed by atoms with Gasteiger partial charge in [0.15, 0.2) is 9.84 Å². The molecule has 2 aromatic carbocycles. The molecule has 3 aromatic rings. The number of Topliss-reactive ketones (excluding diaryl/α,β-unsaturated/α-hetero) is 1. The van der Waals surface area contributed by atoms with E-state index in [4.69, 9.17) is 0 Å². The largest absolute Gasteiger partial charge is 0.396 e. The summed E-state index contributed by atoms with van der Waals surface area (Å²) in [5, 5.41) is 0.360. The van der Waals surface area contributed by atoms with Crippen LogP contribution >= 0.6 is 0 Å². The minimum Gasteiger partial charge on any atom is -0.361 e. The Labute approximate surface area is 153 Å². The fourth-order valence-electron chi connectivity index (χ4n) is 2.99. The van der Waals surface area contributed by atoms with Gasteiger partial charge in [-0.3, -0.25) is 4.79 Å². The number of halogens is 3. The lowest BCUT2D eigenvalue weighted by Gasteiger charge is -2.19. The molecule has 1 N–H and O–H groups in total. The maximum absolute atomic E-state index is 13.6. The highest BCUT2D eigenvalue weighted by atomic mass is 32.2. The van der Waals surface area contributed by atoms with E-state index in [2.05, 4.69) is 4.98 Å². The molecule has 0 aliphatic carbocycles. The molecular weight excluding hydrogens is 379 g/mol. The average molecular weight is 395 g/mol. The van der Waals surface area contributed by atoms with Gasteiger partial charge in [0, 0.05) is 23.5 Å². The number of alkyl halides is 3. The van der Waals surface area contributed by atoms with Crippen molar-refractivity contribution in [2.24, 2.45) is 0 Å². The van der Waals surface area contributed by atoms with Crippen molar-refractivity contribution in [1.29, 1.82) is 0 Å². The van der Waals surface area contributed by atoms with Gasteiger partial charge in [0.2, 0.25) is 0 Å². The van der Waals surface area contributed by atoms with Crippen LogP contribution in [0.3, 0.4) is 0 Å². The SMILES string of the molecule is O=C(C[C@@H](c1c[nH]c2ccccc12)C(F)(F)F)CS(=O)(=O)c1ccccc1. The fraction of sp³-hybridized carbons (Fsp3) is 0.211. The third kappa shape index (κ3) is 4.21. The van der Waals surface area contributed by atoms with Gasteiger partial charge in [0.05, 0.1) is 10.8 Å². The maximum Gasteiger partial charge on any atom is 0.396 e. The molecule has 0 aliphatic rings. The lowest BCUT2D eigenvalue weighted by molar-refractivity contribution is -0.155.